The molecule has 8 heteroatoms. The standard InChI is InChI=1S/C16H19N3O4S/c1-11(20)18-13-7-8-15(23-2)16(9-13)24(21,22)19-14-6-4-3-5-12(14)10-17/h3-9,19H,10,17H2,1-2H3,(H,18,20). The van der Waals surface area contributed by atoms with Gasteiger partial charge in [0, 0.05) is 19.2 Å². The molecule has 0 spiro atoms. The molecule has 0 saturated carbocycles. The van der Waals surface area contributed by atoms with Crippen molar-refractivity contribution in [1.82, 2.24) is 0 Å². The molecule has 0 bridgehead atoms. The van der Waals surface area contributed by atoms with Gasteiger partial charge in [-0.15, -0.1) is 0 Å². The summed E-state index contributed by atoms with van der Waals surface area (Å²) < 4.78 is 33.1. The van der Waals surface area contributed by atoms with Gasteiger partial charge in [0.15, 0.2) is 0 Å². The second kappa shape index (κ2) is 7.33. The molecule has 0 aliphatic heterocycles. The summed E-state index contributed by atoms with van der Waals surface area (Å²) in [5, 5.41) is 2.55. The first kappa shape index (κ1) is 17.8. The van der Waals surface area contributed by atoms with Crippen molar-refractivity contribution in [3.8, 4) is 5.75 Å². The molecular formula is C16H19N3O4S. The van der Waals surface area contributed by atoms with E-state index in [1.54, 1.807) is 30.3 Å². The van der Waals surface area contributed by atoms with Crippen molar-refractivity contribution < 1.29 is 17.9 Å². The molecule has 24 heavy (non-hydrogen) atoms. The number of hydrogen-bond acceptors (Lipinski definition) is 5. The van der Waals surface area contributed by atoms with Gasteiger partial charge in [0.1, 0.15) is 10.6 Å². The summed E-state index contributed by atoms with van der Waals surface area (Å²) in [5.41, 5.74) is 7.05. The van der Waals surface area contributed by atoms with Crippen molar-refractivity contribution in [3.63, 3.8) is 0 Å². The molecule has 0 aliphatic rings. The van der Waals surface area contributed by atoms with Crippen molar-refractivity contribution in [1.29, 1.82) is 0 Å². The lowest BCUT2D eigenvalue weighted by Gasteiger charge is -2.15. The number of sulfonamides is 1. The van der Waals surface area contributed by atoms with E-state index in [-0.39, 0.29) is 23.1 Å². The number of anilines is 2. The number of benzene rings is 2. The number of amides is 1. The Morgan fingerprint density at radius 2 is 1.92 bits per heavy atom. The van der Waals surface area contributed by atoms with Crippen molar-refractivity contribution in [3.05, 3.63) is 48.0 Å². The number of rotatable bonds is 6. The van der Waals surface area contributed by atoms with Gasteiger partial charge in [0.05, 0.1) is 12.8 Å². The molecule has 0 fully saturated rings. The van der Waals surface area contributed by atoms with Gasteiger partial charge in [-0.1, -0.05) is 18.2 Å². The molecule has 128 valence electrons. The van der Waals surface area contributed by atoms with Crippen LogP contribution in [0.2, 0.25) is 0 Å². The maximum atomic E-state index is 12.7. The molecule has 2 aromatic rings. The molecule has 0 heterocycles. The Morgan fingerprint density at radius 1 is 1.21 bits per heavy atom. The second-order valence-electron chi connectivity index (χ2n) is 5.01. The third kappa shape index (κ3) is 4.03. The molecule has 0 unspecified atom stereocenters. The molecule has 1 amide bonds. The maximum absolute atomic E-state index is 12.7. The van der Waals surface area contributed by atoms with Crippen molar-refractivity contribution in [2.75, 3.05) is 17.1 Å². The minimum Gasteiger partial charge on any atom is -0.495 e. The van der Waals surface area contributed by atoms with E-state index in [0.717, 1.165) is 0 Å². The minimum absolute atomic E-state index is 0.0805. The average Bonchev–Trinajstić information content (AvgIpc) is 2.54. The largest absolute Gasteiger partial charge is 0.495 e. The smallest absolute Gasteiger partial charge is 0.265 e. The summed E-state index contributed by atoms with van der Waals surface area (Å²) in [6.07, 6.45) is 0. The molecule has 0 saturated heterocycles. The van der Waals surface area contributed by atoms with Crippen LogP contribution in [0.3, 0.4) is 0 Å². The quantitative estimate of drug-likeness (QED) is 0.738. The number of carbonyl (C=O) groups excluding carboxylic acids is 1. The number of ether oxygens (including phenoxy) is 1. The zero-order valence-electron chi connectivity index (χ0n) is 13.4. The van der Waals surface area contributed by atoms with Crippen molar-refractivity contribution in [2.45, 2.75) is 18.4 Å². The van der Waals surface area contributed by atoms with Crippen LogP contribution >= 0.6 is 0 Å². The summed E-state index contributed by atoms with van der Waals surface area (Å²) >= 11 is 0. The van der Waals surface area contributed by atoms with Crippen LogP contribution in [0.25, 0.3) is 0 Å². The lowest BCUT2D eigenvalue weighted by Crippen LogP contribution is -2.16. The van der Waals surface area contributed by atoms with Crippen molar-refractivity contribution in [2.24, 2.45) is 5.73 Å². The zero-order valence-corrected chi connectivity index (χ0v) is 14.2. The Hall–Kier alpha value is -2.58. The third-order valence-corrected chi connectivity index (χ3v) is 4.64. The van der Waals surface area contributed by atoms with Gasteiger partial charge >= 0.3 is 0 Å². The first-order valence-electron chi connectivity index (χ1n) is 7.14. The number of para-hydroxylation sites is 1. The van der Waals surface area contributed by atoms with Crippen LogP contribution in [-0.2, 0) is 21.4 Å². The van der Waals surface area contributed by atoms with Gasteiger partial charge in [-0.05, 0) is 29.8 Å². The fraction of sp³-hybridized carbons (Fsp3) is 0.188. The first-order valence-corrected chi connectivity index (χ1v) is 8.62. The molecule has 7 nitrogen and oxygen atoms in total. The number of carbonyl (C=O) groups is 1. The maximum Gasteiger partial charge on any atom is 0.265 e. The highest BCUT2D eigenvalue weighted by atomic mass is 32.2. The minimum atomic E-state index is -3.93. The van der Waals surface area contributed by atoms with Crippen LogP contribution in [0.4, 0.5) is 11.4 Å². The summed E-state index contributed by atoms with van der Waals surface area (Å²) in [5.74, 6) is -0.133. The Bertz CT molecular complexity index is 850. The molecule has 0 aliphatic carbocycles. The normalized spacial score (nSPS) is 11.0. The number of hydrogen-bond donors (Lipinski definition) is 3. The second-order valence-corrected chi connectivity index (χ2v) is 6.66. The van der Waals surface area contributed by atoms with E-state index in [1.807, 2.05) is 0 Å². The summed E-state index contributed by atoms with van der Waals surface area (Å²) in [7, 11) is -2.55. The van der Waals surface area contributed by atoms with Gasteiger partial charge < -0.3 is 15.8 Å². The van der Waals surface area contributed by atoms with Gasteiger partial charge in [-0.2, -0.15) is 0 Å². The first-order chi connectivity index (χ1) is 11.4. The lowest BCUT2D eigenvalue weighted by molar-refractivity contribution is -0.114. The van der Waals surface area contributed by atoms with Crippen LogP contribution in [0.1, 0.15) is 12.5 Å². The van der Waals surface area contributed by atoms with E-state index in [2.05, 4.69) is 10.0 Å². The van der Waals surface area contributed by atoms with Gasteiger partial charge in [-0.3, -0.25) is 9.52 Å². The number of nitrogens with one attached hydrogen (secondary N) is 2. The van der Waals surface area contributed by atoms with E-state index in [0.29, 0.717) is 16.9 Å². The summed E-state index contributed by atoms with van der Waals surface area (Å²) in [6, 6.07) is 11.2. The lowest BCUT2D eigenvalue weighted by atomic mass is 10.2. The van der Waals surface area contributed by atoms with Crippen LogP contribution in [0.15, 0.2) is 47.4 Å². The Kier molecular flexibility index (Phi) is 5.42. The van der Waals surface area contributed by atoms with E-state index in [9.17, 15) is 13.2 Å². The molecule has 2 rings (SSSR count). The highest BCUT2D eigenvalue weighted by molar-refractivity contribution is 7.92. The van der Waals surface area contributed by atoms with E-state index in [1.165, 1.54) is 26.2 Å². The van der Waals surface area contributed by atoms with Gasteiger partial charge in [0.25, 0.3) is 10.0 Å². The zero-order chi connectivity index (χ0) is 17.7. The average molecular weight is 349 g/mol. The Balaban J connectivity index is 2.45. The molecule has 0 atom stereocenters. The molecule has 0 radical (unpaired) electrons. The van der Waals surface area contributed by atoms with Gasteiger partial charge in [-0.25, -0.2) is 8.42 Å². The molecule has 0 aromatic heterocycles. The summed E-state index contributed by atoms with van der Waals surface area (Å²) in [4.78, 5) is 11.1. The highest BCUT2D eigenvalue weighted by Gasteiger charge is 2.21. The van der Waals surface area contributed by atoms with Crippen LogP contribution in [0, 0.1) is 0 Å². The van der Waals surface area contributed by atoms with Gasteiger partial charge in [0.2, 0.25) is 5.91 Å². The Labute approximate surface area is 140 Å². The topological polar surface area (TPSA) is 111 Å². The van der Waals surface area contributed by atoms with Crippen LogP contribution in [0.5, 0.6) is 5.75 Å². The highest BCUT2D eigenvalue weighted by Crippen LogP contribution is 2.29. The number of nitrogens with two attached hydrogens (primary N) is 1. The van der Waals surface area contributed by atoms with E-state index < -0.39 is 10.0 Å². The van der Waals surface area contributed by atoms with E-state index in [4.69, 9.17) is 10.5 Å². The molecular weight excluding hydrogens is 330 g/mol. The fourth-order valence-electron chi connectivity index (χ4n) is 2.17. The van der Waals surface area contributed by atoms with Crippen LogP contribution in [-0.4, -0.2) is 21.4 Å². The summed E-state index contributed by atoms with van der Waals surface area (Å²) in [6.45, 7) is 1.54. The predicted molar refractivity (Wildman–Crippen MR) is 92.4 cm³/mol. The fourth-order valence-corrected chi connectivity index (χ4v) is 3.46. The number of methoxy groups -OCH3 is 1. The third-order valence-electron chi connectivity index (χ3n) is 3.26. The molecule has 4 N–H and O–H groups in total. The Morgan fingerprint density at radius 3 is 2.54 bits per heavy atom. The SMILES string of the molecule is COc1ccc(NC(C)=O)cc1S(=O)(=O)Nc1ccccc1CN. The molecule has 2 aromatic carbocycles. The monoisotopic (exact) mass is 349 g/mol. The predicted octanol–water partition coefficient (Wildman–Crippen LogP) is 1.91. The van der Waals surface area contributed by atoms with Crippen molar-refractivity contribution >= 4 is 27.3 Å². The van der Waals surface area contributed by atoms with Crippen LogP contribution < -0.4 is 20.5 Å². The van der Waals surface area contributed by atoms with E-state index >= 15 is 0 Å².